The Balaban J connectivity index is 2.95. The lowest BCUT2D eigenvalue weighted by Crippen LogP contribution is -2.39. The molecule has 118 valence electrons. The highest BCUT2D eigenvalue weighted by Crippen LogP contribution is 2.18. The first-order valence-electron chi connectivity index (χ1n) is 6.86. The molecule has 6 nitrogen and oxygen atoms in total. The molecule has 7 heteroatoms. The molecule has 0 spiro atoms. The van der Waals surface area contributed by atoms with Gasteiger partial charge < -0.3 is 10.5 Å². The molecule has 3 N–H and O–H groups in total. The number of rotatable bonds is 7. The highest BCUT2D eigenvalue weighted by molar-refractivity contribution is 7.89. The van der Waals surface area contributed by atoms with Crippen LogP contribution in [-0.4, -0.2) is 27.0 Å². The lowest BCUT2D eigenvalue weighted by molar-refractivity contribution is -0.144. The van der Waals surface area contributed by atoms with Gasteiger partial charge in [-0.1, -0.05) is 19.1 Å². The van der Waals surface area contributed by atoms with E-state index in [2.05, 4.69) is 4.72 Å². The average Bonchev–Trinajstić information content (AvgIpc) is 2.46. The average molecular weight is 314 g/mol. The first kappa shape index (κ1) is 17.6. The van der Waals surface area contributed by atoms with Crippen LogP contribution in [0.2, 0.25) is 0 Å². The quantitative estimate of drug-likeness (QED) is 0.740. The summed E-state index contributed by atoms with van der Waals surface area (Å²) in [6.07, 6.45) is 0.705. The number of nitrogens with two attached hydrogens (primary N) is 1. The zero-order valence-corrected chi connectivity index (χ0v) is 13.3. The van der Waals surface area contributed by atoms with Gasteiger partial charge in [-0.3, -0.25) is 4.79 Å². The van der Waals surface area contributed by atoms with Crippen molar-refractivity contribution in [2.45, 2.75) is 44.2 Å². The van der Waals surface area contributed by atoms with Crippen LogP contribution >= 0.6 is 0 Å². The SMILES string of the molecule is CCOC(=O)C(C)NS(=O)(=O)c1cccc(C(N)CC)c1. The molecule has 1 aromatic carbocycles. The normalized spacial score (nSPS) is 14.5. The predicted octanol–water partition coefficient (Wildman–Crippen LogP) is 1.33. The van der Waals surface area contributed by atoms with E-state index in [1.54, 1.807) is 19.1 Å². The van der Waals surface area contributed by atoms with Gasteiger partial charge in [-0.05, 0) is 38.0 Å². The van der Waals surface area contributed by atoms with Gasteiger partial charge in [0, 0.05) is 6.04 Å². The topological polar surface area (TPSA) is 98.5 Å². The zero-order valence-electron chi connectivity index (χ0n) is 12.5. The Morgan fingerprint density at radius 2 is 2.05 bits per heavy atom. The van der Waals surface area contributed by atoms with E-state index in [0.717, 1.165) is 5.56 Å². The number of benzene rings is 1. The summed E-state index contributed by atoms with van der Waals surface area (Å²) < 4.78 is 31.6. The van der Waals surface area contributed by atoms with Gasteiger partial charge in [0.1, 0.15) is 6.04 Å². The van der Waals surface area contributed by atoms with Gasteiger partial charge in [0.05, 0.1) is 11.5 Å². The maximum atomic E-state index is 12.3. The van der Waals surface area contributed by atoms with Crippen LogP contribution in [0.4, 0.5) is 0 Å². The molecular formula is C14H22N2O4S. The third-order valence-electron chi connectivity index (χ3n) is 3.01. The molecule has 0 saturated heterocycles. The highest BCUT2D eigenvalue weighted by Gasteiger charge is 2.23. The third-order valence-corrected chi connectivity index (χ3v) is 4.55. The predicted molar refractivity (Wildman–Crippen MR) is 80.1 cm³/mol. The molecule has 0 radical (unpaired) electrons. The van der Waals surface area contributed by atoms with E-state index < -0.39 is 22.0 Å². The van der Waals surface area contributed by atoms with E-state index in [0.29, 0.717) is 6.42 Å². The van der Waals surface area contributed by atoms with Crippen molar-refractivity contribution >= 4 is 16.0 Å². The largest absolute Gasteiger partial charge is 0.465 e. The fraction of sp³-hybridized carbons (Fsp3) is 0.500. The molecule has 1 aromatic rings. The van der Waals surface area contributed by atoms with E-state index in [-0.39, 0.29) is 17.5 Å². The molecule has 2 unspecified atom stereocenters. The number of sulfonamides is 1. The number of carbonyl (C=O) groups is 1. The zero-order chi connectivity index (χ0) is 16.0. The summed E-state index contributed by atoms with van der Waals surface area (Å²) in [4.78, 5) is 11.6. The summed E-state index contributed by atoms with van der Waals surface area (Å²) in [5.74, 6) is -0.609. The van der Waals surface area contributed by atoms with E-state index in [1.165, 1.54) is 19.1 Å². The van der Waals surface area contributed by atoms with Crippen molar-refractivity contribution in [2.75, 3.05) is 6.61 Å². The lowest BCUT2D eigenvalue weighted by atomic mass is 10.1. The molecular weight excluding hydrogens is 292 g/mol. The number of carbonyl (C=O) groups excluding carboxylic acids is 1. The molecule has 0 saturated carbocycles. The second-order valence-electron chi connectivity index (χ2n) is 4.68. The minimum Gasteiger partial charge on any atom is -0.465 e. The Bertz CT molecular complexity index is 586. The Kier molecular flexibility index (Phi) is 6.32. The minimum atomic E-state index is -3.79. The van der Waals surface area contributed by atoms with Gasteiger partial charge in [-0.25, -0.2) is 8.42 Å². The van der Waals surface area contributed by atoms with Gasteiger partial charge in [0.15, 0.2) is 0 Å². The van der Waals surface area contributed by atoms with Crippen LogP contribution in [0.1, 0.15) is 38.8 Å². The standard InChI is InChI=1S/C14H22N2O4S/c1-4-13(15)11-7-6-8-12(9-11)21(18,19)16-10(3)14(17)20-5-2/h6-10,13,16H,4-5,15H2,1-3H3. The van der Waals surface area contributed by atoms with E-state index in [1.807, 2.05) is 6.92 Å². The number of nitrogens with one attached hydrogen (secondary N) is 1. The monoisotopic (exact) mass is 314 g/mol. The van der Waals surface area contributed by atoms with Gasteiger partial charge in [0.2, 0.25) is 10.0 Å². The molecule has 2 atom stereocenters. The Morgan fingerprint density at radius 3 is 2.62 bits per heavy atom. The van der Waals surface area contributed by atoms with Crippen LogP contribution < -0.4 is 10.5 Å². The summed E-state index contributed by atoms with van der Waals surface area (Å²) in [5, 5.41) is 0. The van der Waals surface area contributed by atoms with Crippen molar-refractivity contribution in [3.05, 3.63) is 29.8 Å². The van der Waals surface area contributed by atoms with Gasteiger partial charge >= 0.3 is 5.97 Å². The van der Waals surface area contributed by atoms with Gasteiger partial charge in [0.25, 0.3) is 0 Å². The number of ether oxygens (including phenoxy) is 1. The van der Waals surface area contributed by atoms with Crippen molar-refractivity contribution in [1.82, 2.24) is 4.72 Å². The lowest BCUT2D eigenvalue weighted by Gasteiger charge is -2.15. The van der Waals surface area contributed by atoms with Crippen molar-refractivity contribution in [3.8, 4) is 0 Å². The van der Waals surface area contributed by atoms with Crippen LogP contribution in [0.25, 0.3) is 0 Å². The number of hydrogen-bond donors (Lipinski definition) is 2. The van der Waals surface area contributed by atoms with Crippen LogP contribution in [0.3, 0.4) is 0 Å². The summed E-state index contributed by atoms with van der Waals surface area (Å²) >= 11 is 0. The summed E-state index contributed by atoms with van der Waals surface area (Å²) in [7, 11) is -3.79. The molecule has 0 fully saturated rings. The van der Waals surface area contributed by atoms with E-state index >= 15 is 0 Å². The molecule has 0 aliphatic heterocycles. The van der Waals surface area contributed by atoms with Crippen molar-refractivity contribution < 1.29 is 17.9 Å². The summed E-state index contributed by atoms with van der Waals surface area (Å²) in [6, 6.07) is 5.23. The Hall–Kier alpha value is -1.44. The van der Waals surface area contributed by atoms with Crippen LogP contribution in [-0.2, 0) is 19.6 Å². The van der Waals surface area contributed by atoms with Crippen LogP contribution in [0.5, 0.6) is 0 Å². The Morgan fingerprint density at radius 1 is 1.38 bits per heavy atom. The highest BCUT2D eigenvalue weighted by atomic mass is 32.2. The smallest absolute Gasteiger partial charge is 0.323 e. The van der Waals surface area contributed by atoms with Crippen molar-refractivity contribution in [3.63, 3.8) is 0 Å². The molecule has 0 amide bonds. The number of esters is 1. The third kappa shape index (κ3) is 4.80. The summed E-state index contributed by atoms with van der Waals surface area (Å²) in [5.41, 5.74) is 6.65. The van der Waals surface area contributed by atoms with Crippen molar-refractivity contribution in [2.24, 2.45) is 5.73 Å². The second-order valence-corrected chi connectivity index (χ2v) is 6.40. The fourth-order valence-electron chi connectivity index (χ4n) is 1.76. The van der Waals surface area contributed by atoms with Gasteiger partial charge in [-0.2, -0.15) is 4.72 Å². The molecule has 1 rings (SSSR count). The maximum Gasteiger partial charge on any atom is 0.323 e. The first-order chi connectivity index (χ1) is 9.81. The minimum absolute atomic E-state index is 0.0834. The van der Waals surface area contributed by atoms with Crippen LogP contribution in [0.15, 0.2) is 29.2 Å². The first-order valence-corrected chi connectivity index (χ1v) is 8.34. The molecule has 0 aromatic heterocycles. The van der Waals surface area contributed by atoms with Crippen molar-refractivity contribution in [1.29, 1.82) is 0 Å². The maximum absolute atomic E-state index is 12.3. The molecule has 0 aliphatic carbocycles. The van der Waals surface area contributed by atoms with Gasteiger partial charge in [-0.15, -0.1) is 0 Å². The Labute approximate surface area is 125 Å². The van der Waals surface area contributed by atoms with E-state index in [9.17, 15) is 13.2 Å². The molecule has 0 heterocycles. The second kappa shape index (κ2) is 7.53. The summed E-state index contributed by atoms with van der Waals surface area (Å²) in [6.45, 7) is 5.23. The fourth-order valence-corrected chi connectivity index (χ4v) is 3.01. The van der Waals surface area contributed by atoms with Crippen LogP contribution in [0, 0.1) is 0 Å². The molecule has 21 heavy (non-hydrogen) atoms. The van der Waals surface area contributed by atoms with E-state index in [4.69, 9.17) is 10.5 Å². The molecule has 0 aliphatic rings. The number of hydrogen-bond acceptors (Lipinski definition) is 5. The molecule has 0 bridgehead atoms.